The summed E-state index contributed by atoms with van der Waals surface area (Å²) in [7, 11) is 0. The Morgan fingerprint density at radius 1 is 1.07 bits per heavy atom. The molecule has 0 saturated carbocycles. The molecule has 4 heterocycles. The fourth-order valence-corrected chi connectivity index (χ4v) is 4.39. The number of phenolic OH excluding ortho intramolecular Hbond substituents is 1. The molecule has 4 aromatic rings. The summed E-state index contributed by atoms with van der Waals surface area (Å²) < 4.78 is 1.94. The molecule has 0 atom stereocenters. The number of piperidine rings is 1. The van der Waals surface area contributed by atoms with Crippen LogP contribution in [0.3, 0.4) is 0 Å². The highest BCUT2D eigenvalue weighted by Gasteiger charge is 2.22. The van der Waals surface area contributed by atoms with Crippen LogP contribution in [0.15, 0.2) is 37.1 Å². The Labute approximate surface area is 181 Å². The summed E-state index contributed by atoms with van der Waals surface area (Å²) in [6.07, 6.45) is 8.76. The van der Waals surface area contributed by atoms with E-state index in [1.807, 2.05) is 17.1 Å². The molecule has 3 N–H and O–H groups in total. The van der Waals surface area contributed by atoms with E-state index in [9.17, 15) is 10.3 Å². The molecular formula is C20H18Cl2N6O2. The number of hydroxylamine groups is 2. The van der Waals surface area contributed by atoms with E-state index in [1.54, 1.807) is 18.3 Å². The number of aromatic hydroxyl groups is 1. The van der Waals surface area contributed by atoms with E-state index in [4.69, 9.17) is 23.2 Å². The van der Waals surface area contributed by atoms with Crippen molar-refractivity contribution in [3.8, 4) is 28.1 Å². The maximum atomic E-state index is 9.89. The second-order valence-corrected chi connectivity index (χ2v) is 8.14. The third-order valence-corrected chi connectivity index (χ3v) is 6.06. The molecule has 0 unspecified atom stereocenters. The Balaban J connectivity index is 1.59. The van der Waals surface area contributed by atoms with Crippen LogP contribution >= 0.6 is 23.2 Å². The molecule has 5 rings (SSSR count). The molecule has 0 aliphatic carbocycles. The van der Waals surface area contributed by atoms with Gasteiger partial charge in [0.1, 0.15) is 12.0 Å². The first-order valence-electron chi connectivity index (χ1n) is 9.50. The van der Waals surface area contributed by atoms with Gasteiger partial charge in [-0.05, 0) is 30.5 Å². The van der Waals surface area contributed by atoms with Crippen molar-refractivity contribution in [3.63, 3.8) is 0 Å². The van der Waals surface area contributed by atoms with Crippen LogP contribution in [0, 0.1) is 0 Å². The van der Waals surface area contributed by atoms with Crippen LogP contribution in [0.1, 0.15) is 18.9 Å². The molecule has 0 spiro atoms. The van der Waals surface area contributed by atoms with E-state index in [0.29, 0.717) is 18.7 Å². The predicted molar refractivity (Wildman–Crippen MR) is 114 cm³/mol. The highest BCUT2D eigenvalue weighted by Crippen LogP contribution is 2.40. The zero-order chi connectivity index (χ0) is 20.8. The highest BCUT2D eigenvalue weighted by molar-refractivity contribution is 6.37. The van der Waals surface area contributed by atoms with Crippen LogP contribution in [-0.4, -0.2) is 53.2 Å². The summed E-state index contributed by atoms with van der Waals surface area (Å²) in [6, 6.07) is 3.56. The van der Waals surface area contributed by atoms with Crippen LogP contribution in [0.5, 0.6) is 5.75 Å². The molecular weight excluding hydrogens is 427 g/mol. The molecule has 1 fully saturated rings. The molecule has 0 radical (unpaired) electrons. The summed E-state index contributed by atoms with van der Waals surface area (Å²) in [6.45, 7) is 1.25. The molecule has 10 heteroatoms. The lowest BCUT2D eigenvalue weighted by Crippen LogP contribution is -2.32. The van der Waals surface area contributed by atoms with Crippen molar-refractivity contribution in [2.45, 2.75) is 18.9 Å². The molecule has 0 amide bonds. The maximum absolute atomic E-state index is 9.89. The van der Waals surface area contributed by atoms with Crippen molar-refractivity contribution in [1.29, 1.82) is 0 Å². The van der Waals surface area contributed by atoms with E-state index in [0.717, 1.165) is 40.6 Å². The smallest absolute Gasteiger partial charge is 0.152 e. The van der Waals surface area contributed by atoms with Gasteiger partial charge in [0.05, 0.1) is 33.4 Å². The van der Waals surface area contributed by atoms with Gasteiger partial charge in [-0.15, -0.1) is 0 Å². The van der Waals surface area contributed by atoms with Crippen molar-refractivity contribution < 1.29 is 10.3 Å². The minimum absolute atomic E-state index is 0.145. The van der Waals surface area contributed by atoms with Crippen molar-refractivity contribution >= 4 is 34.2 Å². The molecule has 1 aliphatic rings. The average Bonchev–Trinajstić information content (AvgIpc) is 3.39. The second-order valence-electron chi connectivity index (χ2n) is 7.33. The lowest BCUT2D eigenvalue weighted by molar-refractivity contribution is -0.111. The van der Waals surface area contributed by atoms with Crippen LogP contribution in [0.4, 0.5) is 0 Å². The molecule has 8 nitrogen and oxygen atoms in total. The Kier molecular flexibility index (Phi) is 4.86. The summed E-state index contributed by atoms with van der Waals surface area (Å²) in [5.74, 6) is -0.145. The third kappa shape index (κ3) is 3.31. The number of nitrogens with one attached hydrogen (secondary N) is 1. The van der Waals surface area contributed by atoms with E-state index in [-0.39, 0.29) is 21.8 Å². The van der Waals surface area contributed by atoms with Gasteiger partial charge in [0.15, 0.2) is 5.75 Å². The summed E-state index contributed by atoms with van der Waals surface area (Å²) in [5.41, 5.74) is 3.85. The molecule has 0 bridgehead atoms. The number of rotatable bonds is 3. The standard InChI is InChI=1S/C20H18Cl2N6O2/c21-15-5-11(6-16(22)19(15)29)14-8-23-20-17(14)18(24-10-25-20)12-7-26-28(9-12)13-1-3-27(30)4-2-13/h5-10,13,29-30H,1-4H2,(H,23,24,25). The predicted octanol–water partition coefficient (Wildman–Crippen LogP) is 4.53. The zero-order valence-corrected chi connectivity index (χ0v) is 17.3. The first kappa shape index (κ1) is 19.3. The highest BCUT2D eigenvalue weighted by atomic mass is 35.5. The Bertz CT molecular complexity index is 1210. The summed E-state index contributed by atoms with van der Waals surface area (Å²) in [5, 5.41) is 26.5. The molecule has 3 aromatic heterocycles. The zero-order valence-electron chi connectivity index (χ0n) is 15.8. The van der Waals surface area contributed by atoms with E-state index >= 15 is 0 Å². The van der Waals surface area contributed by atoms with Gasteiger partial charge in [0, 0.05) is 36.6 Å². The van der Waals surface area contributed by atoms with E-state index < -0.39 is 0 Å². The topological polar surface area (TPSA) is 103 Å². The molecule has 30 heavy (non-hydrogen) atoms. The van der Waals surface area contributed by atoms with Crippen molar-refractivity contribution in [3.05, 3.63) is 47.1 Å². The maximum Gasteiger partial charge on any atom is 0.152 e. The Morgan fingerprint density at radius 2 is 1.80 bits per heavy atom. The van der Waals surface area contributed by atoms with Gasteiger partial charge >= 0.3 is 0 Å². The number of halogens is 2. The number of phenols is 1. The number of hydrogen-bond donors (Lipinski definition) is 3. The fraction of sp³-hybridized carbons (Fsp3) is 0.250. The molecule has 1 saturated heterocycles. The normalized spacial score (nSPS) is 15.8. The van der Waals surface area contributed by atoms with Gasteiger partial charge in [-0.25, -0.2) is 9.97 Å². The van der Waals surface area contributed by atoms with Crippen LogP contribution in [0.25, 0.3) is 33.4 Å². The first-order valence-corrected chi connectivity index (χ1v) is 10.3. The largest absolute Gasteiger partial charge is 0.505 e. The van der Waals surface area contributed by atoms with Gasteiger partial charge in [0.2, 0.25) is 0 Å². The Hall–Kier alpha value is -2.65. The van der Waals surface area contributed by atoms with Crippen LogP contribution in [0.2, 0.25) is 10.0 Å². The lowest BCUT2D eigenvalue weighted by atomic mass is 10.0. The first-order chi connectivity index (χ1) is 14.5. The quantitative estimate of drug-likeness (QED) is 0.428. The second kappa shape index (κ2) is 7.55. The number of fused-ring (bicyclic) bond motifs is 1. The van der Waals surface area contributed by atoms with E-state index in [1.165, 1.54) is 11.4 Å². The van der Waals surface area contributed by atoms with Gasteiger partial charge < -0.3 is 15.3 Å². The minimum Gasteiger partial charge on any atom is -0.505 e. The van der Waals surface area contributed by atoms with Crippen molar-refractivity contribution in [2.75, 3.05) is 13.1 Å². The molecule has 1 aliphatic heterocycles. The number of benzene rings is 1. The number of nitrogens with zero attached hydrogens (tertiary/aromatic N) is 5. The molecule has 1 aromatic carbocycles. The van der Waals surface area contributed by atoms with Gasteiger partial charge in [-0.1, -0.05) is 23.2 Å². The number of hydrogen-bond acceptors (Lipinski definition) is 6. The number of aromatic nitrogens is 5. The number of H-pyrrole nitrogens is 1. The van der Waals surface area contributed by atoms with Crippen molar-refractivity contribution in [2.24, 2.45) is 0 Å². The summed E-state index contributed by atoms with van der Waals surface area (Å²) >= 11 is 12.3. The van der Waals surface area contributed by atoms with Crippen LogP contribution < -0.4 is 0 Å². The van der Waals surface area contributed by atoms with Gasteiger partial charge in [0.25, 0.3) is 0 Å². The molecule has 154 valence electrons. The Morgan fingerprint density at radius 3 is 2.53 bits per heavy atom. The number of aromatic amines is 1. The SMILES string of the molecule is Oc1c(Cl)cc(-c2c[nH]c3ncnc(-c4cnn(C5CCN(O)CC5)c4)c23)cc1Cl. The lowest BCUT2D eigenvalue weighted by Gasteiger charge is -2.27. The van der Waals surface area contributed by atoms with Crippen molar-refractivity contribution in [1.82, 2.24) is 29.8 Å². The van der Waals surface area contributed by atoms with Crippen LogP contribution in [-0.2, 0) is 0 Å². The van der Waals surface area contributed by atoms with Gasteiger partial charge in [-0.3, -0.25) is 4.68 Å². The van der Waals surface area contributed by atoms with E-state index in [2.05, 4.69) is 20.1 Å². The third-order valence-electron chi connectivity index (χ3n) is 5.49. The monoisotopic (exact) mass is 444 g/mol. The van der Waals surface area contributed by atoms with Gasteiger partial charge in [-0.2, -0.15) is 10.2 Å². The average molecular weight is 445 g/mol. The summed E-state index contributed by atoms with van der Waals surface area (Å²) in [4.78, 5) is 12.0. The minimum atomic E-state index is -0.145. The fourth-order valence-electron chi connectivity index (χ4n) is 3.91.